The van der Waals surface area contributed by atoms with Crippen molar-refractivity contribution in [1.29, 1.82) is 0 Å². The molecule has 3 rings (SSSR count). The van der Waals surface area contributed by atoms with Crippen LogP contribution in [0.1, 0.15) is 68.5 Å². The molecule has 7 heteroatoms. The first-order valence-corrected chi connectivity index (χ1v) is 12.9. The van der Waals surface area contributed by atoms with Crippen molar-refractivity contribution in [2.24, 2.45) is 0 Å². The summed E-state index contributed by atoms with van der Waals surface area (Å²) in [5, 5.41) is 4.72. The van der Waals surface area contributed by atoms with Crippen molar-refractivity contribution < 1.29 is 9.22 Å². The Morgan fingerprint density at radius 3 is 2.46 bits per heavy atom. The second-order valence-corrected chi connectivity index (χ2v) is 14.5. The Hall–Kier alpha value is -1.86. The second-order valence-electron chi connectivity index (χ2n) is 9.73. The topological polar surface area (TPSA) is 69.9 Å². The fraction of sp³-hybridized carbons (Fsp3) is 0.619. The molecule has 28 heavy (non-hydrogen) atoms. The van der Waals surface area contributed by atoms with Crippen molar-refractivity contribution in [3.8, 4) is 0 Å². The zero-order valence-corrected chi connectivity index (χ0v) is 19.1. The zero-order valence-electron chi connectivity index (χ0n) is 18.1. The number of ketones is 1. The highest BCUT2D eigenvalue weighted by atomic mass is 28.4. The van der Waals surface area contributed by atoms with Gasteiger partial charge in [0.1, 0.15) is 5.82 Å². The lowest BCUT2D eigenvalue weighted by atomic mass is 9.77. The van der Waals surface area contributed by atoms with Gasteiger partial charge in [-0.3, -0.25) is 9.48 Å². The van der Waals surface area contributed by atoms with Crippen LogP contribution in [0.25, 0.3) is 0 Å². The average Bonchev–Trinajstić information content (AvgIpc) is 2.93. The average molecular weight is 401 g/mol. The number of hydrogen-bond donors (Lipinski definition) is 0. The number of rotatable bonds is 6. The molecule has 1 saturated carbocycles. The number of carbonyl (C=O) groups is 1. The van der Waals surface area contributed by atoms with E-state index in [1.54, 1.807) is 24.7 Å². The minimum Gasteiger partial charge on any atom is -0.411 e. The van der Waals surface area contributed by atoms with E-state index in [1.807, 2.05) is 11.6 Å². The molecule has 0 saturated heterocycles. The lowest BCUT2D eigenvalue weighted by molar-refractivity contribution is -0.0429. The van der Waals surface area contributed by atoms with Gasteiger partial charge in [-0.2, -0.15) is 5.10 Å². The molecule has 1 aliphatic carbocycles. The highest BCUT2D eigenvalue weighted by Crippen LogP contribution is 2.49. The maximum atomic E-state index is 12.7. The molecule has 0 spiro atoms. The zero-order chi connectivity index (χ0) is 20.7. The summed E-state index contributed by atoms with van der Waals surface area (Å²) in [6.07, 6.45) is 7.05. The molecule has 6 nitrogen and oxygen atoms in total. The Morgan fingerprint density at radius 2 is 1.89 bits per heavy atom. The molecule has 152 valence electrons. The third-order valence-corrected chi connectivity index (χ3v) is 10.9. The molecule has 0 unspecified atom stereocenters. The molecule has 0 aromatic carbocycles. The first kappa shape index (κ1) is 20.9. The van der Waals surface area contributed by atoms with Gasteiger partial charge in [-0.05, 0) is 50.9 Å². The van der Waals surface area contributed by atoms with Gasteiger partial charge in [0.2, 0.25) is 0 Å². The van der Waals surface area contributed by atoms with Crippen LogP contribution in [0.3, 0.4) is 0 Å². The van der Waals surface area contributed by atoms with E-state index in [2.05, 4.69) is 55.9 Å². The summed E-state index contributed by atoms with van der Waals surface area (Å²) in [4.78, 5) is 20.9. The molecule has 0 bridgehead atoms. The fourth-order valence-electron chi connectivity index (χ4n) is 3.69. The molecule has 0 radical (unpaired) electrons. The Labute approximate surface area is 168 Å². The number of carbonyl (C=O) groups excluding carboxylic acids is 1. The molecule has 1 aliphatic rings. The Balaban J connectivity index is 1.66. The largest absolute Gasteiger partial charge is 0.411 e. The summed E-state index contributed by atoms with van der Waals surface area (Å²) < 4.78 is 8.66. The normalized spacial score (nSPS) is 22.8. The summed E-state index contributed by atoms with van der Waals surface area (Å²) in [6.45, 7) is 15.6. The summed E-state index contributed by atoms with van der Waals surface area (Å²) in [7, 11) is -1.81. The predicted molar refractivity (Wildman–Crippen MR) is 112 cm³/mol. The van der Waals surface area contributed by atoms with E-state index >= 15 is 0 Å². The van der Waals surface area contributed by atoms with E-state index in [-0.39, 0.29) is 28.9 Å². The van der Waals surface area contributed by atoms with Crippen molar-refractivity contribution in [2.45, 2.75) is 83.7 Å². The van der Waals surface area contributed by atoms with Crippen LogP contribution in [-0.4, -0.2) is 39.5 Å². The minimum absolute atomic E-state index is 0.00885. The summed E-state index contributed by atoms with van der Waals surface area (Å²) in [5.74, 6) is 0.549. The Morgan fingerprint density at radius 1 is 1.29 bits per heavy atom. The van der Waals surface area contributed by atoms with Gasteiger partial charge in [0.05, 0.1) is 29.8 Å². The van der Waals surface area contributed by atoms with E-state index in [1.165, 1.54) is 0 Å². The van der Waals surface area contributed by atoms with Crippen LogP contribution in [0.2, 0.25) is 18.1 Å². The van der Waals surface area contributed by atoms with Crippen molar-refractivity contribution in [3.05, 3.63) is 41.7 Å². The first-order chi connectivity index (χ1) is 12.9. The Kier molecular flexibility index (Phi) is 5.36. The fourth-order valence-corrected chi connectivity index (χ4v) is 5.39. The third-order valence-electron chi connectivity index (χ3n) is 6.27. The second kappa shape index (κ2) is 7.19. The lowest BCUT2D eigenvalue weighted by Crippen LogP contribution is -2.54. The summed E-state index contributed by atoms with van der Waals surface area (Å²) in [6, 6.07) is 2.03. The van der Waals surface area contributed by atoms with E-state index in [4.69, 9.17) is 4.43 Å². The van der Waals surface area contributed by atoms with Crippen molar-refractivity contribution >= 4 is 14.1 Å². The molecule has 2 aromatic heterocycles. The standard InChI is InChI=1S/C21H32N4O2Si/c1-15-17(18(26)11-19-22-9-8-10-23-19)14-24-25(15)16-12-21(5,13-16)27-28(6,7)20(2,3)4/h8-10,14,16H,11-13H2,1-7H3/t16-,21+. The number of Topliss-reactive ketones (excluding diaryl/α,β-unsaturated/α-hetero) is 1. The molecule has 2 aromatic rings. The van der Waals surface area contributed by atoms with Crippen LogP contribution in [0.15, 0.2) is 24.7 Å². The molecule has 0 atom stereocenters. The van der Waals surface area contributed by atoms with E-state index in [0.29, 0.717) is 11.4 Å². The first-order valence-electron chi connectivity index (χ1n) is 9.95. The van der Waals surface area contributed by atoms with Crippen LogP contribution < -0.4 is 0 Å². The molecule has 0 aliphatic heterocycles. The van der Waals surface area contributed by atoms with Gasteiger partial charge in [-0.1, -0.05) is 20.8 Å². The van der Waals surface area contributed by atoms with Crippen LogP contribution in [0, 0.1) is 6.92 Å². The summed E-state index contributed by atoms with van der Waals surface area (Å²) >= 11 is 0. The van der Waals surface area contributed by atoms with Crippen LogP contribution in [0.5, 0.6) is 0 Å². The van der Waals surface area contributed by atoms with Gasteiger partial charge in [0, 0.05) is 18.1 Å². The Bertz CT molecular complexity index is 849. The van der Waals surface area contributed by atoms with E-state index < -0.39 is 8.32 Å². The van der Waals surface area contributed by atoms with Gasteiger partial charge >= 0.3 is 0 Å². The number of aromatic nitrogens is 4. The maximum absolute atomic E-state index is 12.7. The molecular formula is C21H32N4O2Si. The van der Waals surface area contributed by atoms with Crippen LogP contribution in [-0.2, 0) is 10.8 Å². The van der Waals surface area contributed by atoms with Crippen LogP contribution >= 0.6 is 0 Å². The van der Waals surface area contributed by atoms with Crippen molar-refractivity contribution in [3.63, 3.8) is 0 Å². The lowest BCUT2D eigenvalue weighted by Gasteiger charge is -2.52. The molecule has 0 N–H and O–H groups in total. The molecule has 2 heterocycles. The quantitative estimate of drug-likeness (QED) is 0.526. The van der Waals surface area contributed by atoms with Crippen molar-refractivity contribution in [1.82, 2.24) is 19.7 Å². The molecular weight excluding hydrogens is 368 g/mol. The van der Waals surface area contributed by atoms with E-state index in [9.17, 15) is 4.79 Å². The third kappa shape index (κ3) is 4.10. The summed E-state index contributed by atoms with van der Waals surface area (Å²) in [5.41, 5.74) is 1.47. The van der Waals surface area contributed by atoms with Gasteiger partial charge in [0.15, 0.2) is 14.1 Å². The SMILES string of the molecule is Cc1c(C(=O)Cc2ncccn2)cnn1[C@H]1C[C@@](C)(O[Si](C)(C)C(C)(C)C)C1. The number of nitrogens with zero attached hydrogens (tertiary/aromatic N) is 4. The molecule has 1 fully saturated rings. The van der Waals surface area contributed by atoms with Gasteiger partial charge in [-0.25, -0.2) is 9.97 Å². The number of hydrogen-bond acceptors (Lipinski definition) is 5. The van der Waals surface area contributed by atoms with Gasteiger partial charge in [-0.15, -0.1) is 0 Å². The minimum atomic E-state index is -1.81. The monoisotopic (exact) mass is 400 g/mol. The smallest absolute Gasteiger partial charge is 0.192 e. The van der Waals surface area contributed by atoms with E-state index in [0.717, 1.165) is 18.5 Å². The van der Waals surface area contributed by atoms with Gasteiger partial charge in [0.25, 0.3) is 0 Å². The van der Waals surface area contributed by atoms with Crippen LogP contribution in [0.4, 0.5) is 0 Å². The maximum Gasteiger partial charge on any atom is 0.192 e. The van der Waals surface area contributed by atoms with Crippen molar-refractivity contribution in [2.75, 3.05) is 0 Å². The highest BCUT2D eigenvalue weighted by Gasteiger charge is 2.49. The highest BCUT2D eigenvalue weighted by molar-refractivity contribution is 6.74. The molecule has 0 amide bonds. The van der Waals surface area contributed by atoms with Gasteiger partial charge < -0.3 is 4.43 Å². The predicted octanol–water partition coefficient (Wildman–Crippen LogP) is 4.52.